The summed E-state index contributed by atoms with van der Waals surface area (Å²) in [5.41, 5.74) is 0. The van der Waals surface area contributed by atoms with Crippen LogP contribution in [-0.4, -0.2) is 61.7 Å². The van der Waals surface area contributed by atoms with Gasteiger partial charge < -0.3 is 15.1 Å². The van der Waals surface area contributed by atoms with Crippen LogP contribution in [0.5, 0.6) is 0 Å². The van der Waals surface area contributed by atoms with Crippen molar-refractivity contribution in [3.05, 3.63) is 29.3 Å². The van der Waals surface area contributed by atoms with Crippen molar-refractivity contribution in [2.24, 2.45) is 0 Å². The molecule has 1 aliphatic rings. The van der Waals surface area contributed by atoms with Crippen molar-refractivity contribution in [2.45, 2.75) is 18.2 Å². The normalized spacial score (nSPS) is 15.3. The molecule has 1 aliphatic heterocycles. The molecule has 24 heavy (non-hydrogen) atoms. The quantitative estimate of drug-likeness (QED) is 0.694. The van der Waals surface area contributed by atoms with Gasteiger partial charge in [-0.2, -0.15) is 0 Å². The van der Waals surface area contributed by atoms with Crippen LogP contribution >= 0.6 is 23.4 Å². The van der Waals surface area contributed by atoms with Gasteiger partial charge in [0, 0.05) is 16.5 Å². The second-order valence-corrected chi connectivity index (χ2v) is 7.39. The first-order chi connectivity index (χ1) is 11.6. The predicted octanol–water partition coefficient (Wildman–Crippen LogP) is 0.685. The summed E-state index contributed by atoms with van der Waals surface area (Å²) in [6.07, 6.45) is 0.953. The topological polar surface area (TPSA) is 53.9 Å². The lowest BCUT2D eigenvalue weighted by Crippen LogP contribution is -3.15. The van der Waals surface area contributed by atoms with Crippen LogP contribution in [0.2, 0.25) is 5.02 Å². The van der Waals surface area contributed by atoms with E-state index in [4.69, 9.17) is 11.6 Å². The molecule has 0 radical (unpaired) electrons. The second-order valence-electron chi connectivity index (χ2n) is 5.90. The molecule has 2 rings (SSSR count). The van der Waals surface area contributed by atoms with E-state index >= 15 is 0 Å². The fraction of sp³-hybridized carbons (Fsp3) is 0.529. The standard InChI is InChI=1S/C17H24ClN3O2S/c1-2-7-19-16(22)12-20-8-10-21(11-9-20)17(23)13-24-15-5-3-14(18)4-6-15/h3-6H,2,7-13H2,1H3,(H,19,22)/p+1. The molecule has 7 heteroatoms. The Morgan fingerprint density at radius 2 is 1.92 bits per heavy atom. The van der Waals surface area contributed by atoms with E-state index in [2.05, 4.69) is 5.32 Å². The number of rotatable bonds is 7. The maximum Gasteiger partial charge on any atom is 0.275 e. The Hall–Kier alpha value is -1.24. The van der Waals surface area contributed by atoms with E-state index in [9.17, 15) is 9.59 Å². The van der Waals surface area contributed by atoms with Crippen LogP contribution in [0, 0.1) is 0 Å². The molecule has 5 nitrogen and oxygen atoms in total. The van der Waals surface area contributed by atoms with Crippen molar-refractivity contribution in [3.8, 4) is 0 Å². The van der Waals surface area contributed by atoms with Crippen molar-refractivity contribution in [1.29, 1.82) is 0 Å². The first-order valence-corrected chi connectivity index (χ1v) is 9.71. The van der Waals surface area contributed by atoms with Gasteiger partial charge in [-0.1, -0.05) is 18.5 Å². The van der Waals surface area contributed by atoms with E-state index in [1.165, 1.54) is 16.7 Å². The van der Waals surface area contributed by atoms with Crippen LogP contribution in [-0.2, 0) is 9.59 Å². The van der Waals surface area contributed by atoms with E-state index in [-0.39, 0.29) is 11.8 Å². The Labute approximate surface area is 152 Å². The highest BCUT2D eigenvalue weighted by Gasteiger charge is 2.24. The van der Waals surface area contributed by atoms with Crippen LogP contribution in [0.4, 0.5) is 0 Å². The van der Waals surface area contributed by atoms with E-state index in [0.29, 0.717) is 17.3 Å². The third kappa shape index (κ3) is 6.34. The molecule has 1 aromatic rings. The minimum Gasteiger partial charge on any atom is -0.351 e. The lowest BCUT2D eigenvalue weighted by molar-refractivity contribution is -0.896. The first kappa shape index (κ1) is 19.1. The molecule has 0 bridgehead atoms. The molecular weight excluding hydrogens is 346 g/mol. The number of nitrogens with one attached hydrogen (secondary N) is 2. The Bertz CT molecular complexity index is 545. The summed E-state index contributed by atoms with van der Waals surface area (Å²) < 4.78 is 0. The number of nitrogens with zero attached hydrogens (tertiary/aromatic N) is 1. The predicted molar refractivity (Wildman–Crippen MR) is 97.6 cm³/mol. The van der Waals surface area contributed by atoms with Crippen LogP contribution < -0.4 is 10.2 Å². The van der Waals surface area contributed by atoms with Gasteiger partial charge in [0.15, 0.2) is 6.54 Å². The third-order valence-electron chi connectivity index (χ3n) is 3.98. The summed E-state index contributed by atoms with van der Waals surface area (Å²) >= 11 is 7.39. The Morgan fingerprint density at radius 3 is 2.54 bits per heavy atom. The molecular formula is C17H25ClN3O2S+. The van der Waals surface area contributed by atoms with Crippen molar-refractivity contribution >= 4 is 35.2 Å². The van der Waals surface area contributed by atoms with Crippen LogP contribution in [0.25, 0.3) is 0 Å². The number of piperazine rings is 1. The lowest BCUT2D eigenvalue weighted by Gasteiger charge is -2.31. The largest absolute Gasteiger partial charge is 0.351 e. The summed E-state index contributed by atoms with van der Waals surface area (Å²) in [7, 11) is 0. The fourth-order valence-corrected chi connectivity index (χ4v) is 3.50. The van der Waals surface area contributed by atoms with Gasteiger partial charge >= 0.3 is 0 Å². The minimum atomic E-state index is 0.102. The number of quaternary nitrogens is 1. The van der Waals surface area contributed by atoms with Crippen molar-refractivity contribution in [1.82, 2.24) is 10.2 Å². The third-order valence-corrected chi connectivity index (χ3v) is 5.23. The molecule has 2 amide bonds. The van der Waals surface area contributed by atoms with Crippen molar-refractivity contribution in [2.75, 3.05) is 45.0 Å². The molecule has 1 aromatic carbocycles. The van der Waals surface area contributed by atoms with Gasteiger partial charge in [0.1, 0.15) is 0 Å². The average molecular weight is 371 g/mol. The molecule has 2 N–H and O–H groups in total. The number of carbonyl (C=O) groups excluding carboxylic acids is 2. The molecule has 0 unspecified atom stereocenters. The van der Waals surface area contributed by atoms with Crippen LogP contribution in [0.3, 0.4) is 0 Å². The molecule has 0 spiro atoms. The second kappa shape index (κ2) is 9.91. The Balaban J connectivity index is 1.68. The number of thioether (sulfide) groups is 1. The lowest BCUT2D eigenvalue weighted by atomic mass is 10.3. The molecule has 0 atom stereocenters. The van der Waals surface area contributed by atoms with Crippen LogP contribution in [0.15, 0.2) is 29.2 Å². The maximum absolute atomic E-state index is 12.3. The van der Waals surface area contributed by atoms with Crippen molar-refractivity contribution in [3.63, 3.8) is 0 Å². The average Bonchev–Trinajstić information content (AvgIpc) is 2.60. The summed E-state index contributed by atoms with van der Waals surface area (Å²) in [5.74, 6) is 0.697. The molecule has 0 saturated carbocycles. The maximum atomic E-state index is 12.3. The number of carbonyl (C=O) groups is 2. The van der Waals surface area contributed by atoms with Gasteiger partial charge in [-0.15, -0.1) is 11.8 Å². The van der Waals surface area contributed by atoms with E-state index < -0.39 is 0 Å². The highest BCUT2D eigenvalue weighted by Crippen LogP contribution is 2.20. The number of hydrogen-bond donors (Lipinski definition) is 2. The molecule has 132 valence electrons. The Morgan fingerprint density at radius 1 is 1.25 bits per heavy atom. The smallest absolute Gasteiger partial charge is 0.275 e. The zero-order valence-electron chi connectivity index (χ0n) is 14.0. The zero-order chi connectivity index (χ0) is 17.4. The summed E-state index contributed by atoms with van der Waals surface area (Å²) in [5, 5.41) is 3.60. The summed E-state index contributed by atoms with van der Waals surface area (Å²) in [4.78, 5) is 28.2. The Kier molecular flexibility index (Phi) is 7.88. The number of benzene rings is 1. The van der Waals surface area contributed by atoms with E-state index in [1.54, 1.807) is 0 Å². The fourth-order valence-electron chi connectivity index (χ4n) is 2.57. The van der Waals surface area contributed by atoms with Gasteiger partial charge in [0.25, 0.3) is 5.91 Å². The molecule has 1 fully saturated rings. The highest BCUT2D eigenvalue weighted by molar-refractivity contribution is 8.00. The van der Waals surface area contributed by atoms with Gasteiger partial charge in [-0.05, 0) is 30.7 Å². The minimum absolute atomic E-state index is 0.102. The van der Waals surface area contributed by atoms with Gasteiger partial charge in [-0.3, -0.25) is 9.59 Å². The highest BCUT2D eigenvalue weighted by atomic mass is 35.5. The molecule has 1 saturated heterocycles. The number of halogens is 1. The zero-order valence-corrected chi connectivity index (χ0v) is 15.6. The summed E-state index contributed by atoms with van der Waals surface area (Å²) in [6, 6.07) is 7.52. The molecule has 1 heterocycles. The monoisotopic (exact) mass is 370 g/mol. The summed E-state index contributed by atoms with van der Waals surface area (Å²) in [6.45, 7) is 6.38. The number of amides is 2. The SMILES string of the molecule is CCCNC(=O)C[NH+]1CCN(C(=O)CSc2ccc(Cl)cc2)CC1. The van der Waals surface area contributed by atoms with Gasteiger partial charge in [0.05, 0.1) is 31.9 Å². The van der Waals surface area contributed by atoms with Gasteiger partial charge in [0.2, 0.25) is 5.91 Å². The van der Waals surface area contributed by atoms with E-state index in [1.807, 2.05) is 36.1 Å². The first-order valence-electron chi connectivity index (χ1n) is 8.35. The molecule has 0 aromatic heterocycles. The van der Waals surface area contributed by atoms with Crippen molar-refractivity contribution < 1.29 is 14.5 Å². The number of hydrogen-bond acceptors (Lipinski definition) is 3. The van der Waals surface area contributed by atoms with Crippen LogP contribution in [0.1, 0.15) is 13.3 Å². The molecule has 0 aliphatic carbocycles. The van der Waals surface area contributed by atoms with E-state index in [0.717, 1.165) is 44.0 Å². The van der Waals surface area contributed by atoms with Gasteiger partial charge in [-0.25, -0.2) is 0 Å².